The number of imide groups is 1. The van der Waals surface area contributed by atoms with Gasteiger partial charge in [0.15, 0.2) is 0 Å². The Bertz CT molecular complexity index is 460. The number of aliphatic carboxylic acids is 1. The smallest absolute Gasteiger partial charge is 0.326 e. The van der Waals surface area contributed by atoms with Crippen LogP contribution in [0.2, 0.25) is 0 Å². The van der Waals surface area contributed by atoms with Crippen LogP contribution in [0.1, 0.15) is 27.6 Å². The van der Waals surface area contributed by atoms with Crippen molar-refractivity contribution in [2.75, 3.05) is 0 Å². The number of rotatable bonds is 2. The van der Waals surface area contributed by atoms with Crippen LogP contribution in [0.5, 0.6) is 0 Å². The fraction of sp³-hybridized carbons (Fsp3) is 0.182. The molecule has 1 aliphatic heterocycles. The summed E-state index contributed by atoms with van der Waals surface area (Å²) in [6.45, 7) is 1.31. The van der Waals surface area contributed by atoms with E-state index >= 15 is 0 Å². The monoisotopic (exact) mass is 219 g/mol. The fourth-order valence-corrected chi connectivity index (χ4v) is 1.67. The van der Waals surface area contributed by atoms with Gasteiger partial charge in [-0.15, -0.1) is 0 Å². The Morgan fingerprint density at radius 1 is 1.19 bits per heavy atom. The molecule has 1 heterocycles. The first-order valence-electron chi connectivity index (χ1n) is 4.73. The summed E-state index contributed by atoms with van der Waals surface area (Å²) in [5, 5.41) is 8.81. The van der Waals surface area contributed by atoms with Gasteiger partial charge in [-0.05, 0) is 19.1 Å². The molecule has 5 heteroatoms. The van der Waals surface area contributed by atoms with Crippen molar-refractivity contribution in [3.05, 3.63) is 35.4 Å². The predicted octanol–water partition coefficient (Wildman–Crippen LogP) is 0.756. The van der Waals surface area contributed by atoms with Gasteiger partial charge < -0.3 is 5.11 Å². The lowest BCUT2D eigenvalue weighted by atomic mass is 10.1. The molecule has 0 saturated carbocycles. The lowest BCUT2D eigenvalue weighted by molar-refractivity contribution is -0.140. The third-order valence-electron chi connectivity index (χ3n) is 2.57. The molecule has 0 fully saturated rings. The highest BCUT2D eigenvalue weighted by molar-refractivity contribution is 6.22. The number of carbonyl (C=O) groups is 3. The number of fused-ring (bicyclic) bond motifs is 1. The van der Waals surface area contributed by atoms with E-state index in [0.29, 0.717) is 0 Å². The van der Waals surface area contributed by atoms with E-state index in [4.69, 9.17) is 5.11 Å². The standard InChI is InChI=1S/C11H9NO4/c1-6(11(15)16)12-9(13)7-4-2-3-5-8(7)10(12)14/h2-6H,1H3,(H,15,16)/t6-/m1/s1. The molecule has 0 bridgehead atoms. The normalized spacial score (nSPS) is 16.2. The Morgan fingerprint density at radius 3 is 2.00 bits per heavy atom. The van der Waals surface area contributed by atoms with Crippen LogP contribution >= 0.6 is 0 Å². The molecule has 1 N–H and O–H groups in total. The van der Waals surface area contributed by atoms with Crippen LogP contribution in [-0.2, 0) is 4.79 Å². The largest absolute Gasteiger partial charge is 0.480 e. The summed E-state index contributed by atoms with van der Waals surface area (Å²) >= 11 is 0. The molecule has 1 aliphatic rings. The van der Waals surface area contributed by atoms with Crippen molar-refractivity contribution >= 4 is 17.8 Å². The predicted molar refractivity (Wildman–Crippen MR) is 54.0 cm³/mol. The summed E-state index contributed by atoms with van der Waals surface area (Å²) in [5.41, 5.74) is 0.529. The highest BCUT2D eigenvalue weighted by Crippen LogP contribution is 2.24. The number of benzene rings is 1. The Labute approximate surface area is 91.3 Å². The van der Waals surface area contributed by atoms with Crippen LogP contribution in [0.4, 0.5) is 0 Å². The van der Waals surface area contributed by atoms with Gasteiger partial charge in [0.2, 0.25) is 0 Å². The zero-order chi connectivity index (χ0) is 11.9. The number of carboxylic acid groups (broad SMARTS) is 1. The topological polar surface area (TPSA) is 74.7 Å². The number of carbonyl (C=O) groups excluding carboxylic acids is 2. The zero-order valence-corrected chi connectivity index (χ0v) is 8.51. The van der Waals surface area contributed by atoms with Crippen molar-refractivity contribution < 1.29 is 19.5 Å². The maximum absolute atomic E-state index is 11.8. The number of nitrogens with zero attached hydrogens (tertiary/aromatic N) is 1. The van der Waals surface area contributed by atoms with Crippen LogP contribution in [-0.4, -0.2) is 33.8 Å². The van der Waals surface area contributed by atoms with Gasteiger partial charge in [-0.1, -0.05) is 12.1 Å². The van der Waals surface area contributed by atoms with E-state index in [2.05, 4.69) is 0 Å². The molecule has 2 rings (SSSR count). The van der Waals surface area contributed by atoms with Gasteiger partial charge >= 0.3 is 5.97 Å². The second-order valence-corrected chi connectivity index (χ2v) is 3.54. The number of amides is 2. The molecule has 0 saturated heterocycles. The third kappa shape index (κ3) is 1.29. The van der Waals surface area contributed by atoms with Gasteiger partial charge in [0.05, 0.1) is 11.1 Å². The van der Waals surface area contributed by atoms with Crippen LogP contribution in [0.25, 0.3) is 0 Å². The minimum atomic E-state index is -1.20. The van der Waals surface area contributed by atoms with Crippen LogP contribution in [0, 0.1) is 0 Å². The summed E-state index contributed by atoms with van der Waals surface area (Å²) in [4.78, 5) is 35.1. The molecular formula is C11H9NO4. The van der Waals surface area contributed by atoms with Gasteiger partial charge in [-0.3, -0.25) is 14.5 Å². The lowest BCUT2D eigenvalue weighted by Crippen LogP contribution is -2.42. The maximum Gasteiger partial charge on any atom is 0.326 e. The summed E-state index contributed by atoms with van der Waals surface area (Å²) in [6, 6.07) is 5.17. The highest BCUT2D eigenvalue weighted by Gasteiger charge is 2.40. The van der Waals surface area contributed by atoms with Gasteiger partial charge in [-0.2, -0.15) is 0 Å². The zero-order valence-electron chi connectivity index (χ0n) is 8.51. The summed E-state index contributed by atoms with van der Waals surface area (Å²) in [6.07, 6.45) is 0. The quantitative estimate of drug-likeness (QED) is 0.745. The Balaban J connectivity index is 2.46. The maximum atomic E-state index is 11.8. The van der Waals surface area contributed by atoms with Crippen molar-refractivity contribution in [3.8, 4) is 0 Å². The molecule has 0 radical (unpaired) electrons. The first kappa shape index (κ1) is 10.4. The van der Waals surface area contributed by atoms with Crippen molar-refractivity contribution in [2.45, 2.75) is 13.0 Å². The fourth-order valence-electron chi connectivity index (χ4n) is 1.67. The number of hydrogen-bond acceptors (Lipinski definition) is 3. The first-order valence-corrected chi connectivity index (χ1v) is 4.73. The minimum Gasteiger partial charge on any atom is -0.480 e. The second kappa shape index (κ2) is 3.44. The SMILES string of the molecule is C[C@H](C(=O)O)N1C(=O)c2ccccc2C1=O. The molecule has 2 amide bonds. The van der Waals surface area contributed by atoms with Gasteiger partial charge in [0, 0.05) is 0 Å². The van der Waals surface area contributed by atoms with E-state index in [1.165, 1.54) is 19.1 Å². The molecule has 82 valence electrons. The van der Waals surface area contributed by atoms with Crippen LogP contribution in [0.3, 0.4) is 0 Å². The van der Waals surface area contributed by atoms with Crippen molar-refractivity contribution in [1.29, 1.82) is 0 Å². The molecule has 1 atom stereocenters. The van der Waals surface area contributed by atoms with Crippen LogP contribution in [0.15, 0.2) is 24.3 Å². The van der Waals surface area contributed by atoms with Gasteiger partial charge in [0.25, 0.3) is 11.8 Å². The third-order valence-corrected chi connectivity index (χ3v) is 2.57. The molecular weight excluding hydrogens is 210 g/mol. The summed E-state index contributed by atoms with van der Waals surface area (Å²) < 4.78 is 0. The Morgan fingerprint density at radius 2 is 1.62 bits per heavy atom. The van der Waals surface area contributed by atoms with E-state index in [1.807, 2.05) is 0 Å². The Hall–Kier alpha value is -2.17. The Kier molecular flexibility index (Phi) is 2.23. The minimum absolute atomic E-state index is 0.264. The molecule has 1 aromatic carbocycles. The van der Waals surface area contributed by atoms with E-state index < -0.39 is 23.8 Å². The van der Waals surface area contributed by atoms with Crippen LogP contribution < -0.4 is 0 Å². The van der Waals surface area contributed by atoms with Crippen molar-refractivity contribution in [3.63, 3.8) is 0 Å². The van der Waals surface area contributed by atoms with E-state index in [-0.39, 0.29) is 11.1 Å². The van der Waals surface area contributed by atoms with E-state index in [1.54, 1.807) is 12.1 Å². The molecule has 0 spiro atoms. The summed E-state index contributed by atoms with van der Waals surface area (Å²) in [5.74, 6) is -2.29. The average Bonchev–Trinajstić information content (AvgIpc) is 2.52. The summed E-state index contributed by atoms with van der Waals surface area (Å²) in [7, 11) is 0. The molecule has 0 aromatic heterocycles. The first-order chi connectivity index (χ1) is 7.54. The van der Waals surface area contributed by atoms with E-state index in [0.717, 1.165) is 4.90 Å². The molecule has 0 unspecified atom stereocenters. The van der Waals surface area contributed by atoms with Gasteiger partial charge in [0.1, 0.15) is 6.04 Å². The van der Waals surface area contributed by atoms with Gasteiger partial charge in [-0.25, -0.2) is 4.79 Å². The average molecular weight is 219 g/mol. The molecule has 5 nitrogen and oxygen atoms in total. The number of carboxylic acids is 1. The molecule has 1 aromatic rings. The van der Waals surface area contributed by atoms with Crippen molar-refractivity contribution in [1.82, 2.24) is 4.90 Å². The highest BCUT2D eigenvalue weighted by atomic mass is 16.4. The second-order valence-electron chi connectivity index (χ2n) is 3.54. The molecule has 0 aliphatic carbocycles. The molecule has 16 heavy (non-hydrogen) atoms. The van der Waals surface area contributed by atoms with Crippen molar-refractivity contribution in [2.24, 2.45) is 0 Å². The van der Waals surface area contributed by atoms with E-state index in [9.17, 15) is 14.4 Å². The number of hydrogen-bond donors (Lipinski definition) is 1. The lowest BCUT2D eigenvalue weighted by Gasteiger charge is -2.17.